The van der Waals surface area contributed by atoms with E-state index in [4.69, 9.17) is 14.2 Å². The third kappa shape index (κ3) is 3.76. The Bertz CT molecular complexity index is 941. The van der Waals surface area contributed by atoms with Crippen molar-refractivity contribution in [2.45, 2.75) is 0 Å². The predicted octanol–water partition coefficient (Wildman–Crippen LogP) is 1.22. The van der Waals surface area contributed by atoms with Crippen LogP contribution in [0.1, 0.15) is 5.56 Å². The van der Waals surface area contributed by atoms with Crippen molar-refractivity contribution in [1.29, 1.82) is 0 Å². The molecule has 0 atom stereocenters. The van der Waals surface area contributed by atoms with Crippen LogP contribution >= 0.6 is 11.8 Å². The molecule has 4 rings (SSSR count). The number of nitro benzene ring substituents is 1. The second-order valence-corrected chi connectivity index (χ2v) is 7.28. The Labute approximate surface area is 168 Å². The second-order valence-electron chi connectivity index (χ2n) is 6.28. The molecule has 2 saturated heterocycles. The number of imide groups is 1. The molecule has 0 radical (unpaired) electrons. The molecular formula is C17H15N3O8S. The van der Waals surface area contributed by atoms with Gasteiger partial charge in [-0.1, -0.05) is 0 Å². The van der Waals surface area contributed by atoms with Crippen LogP contribution in [0.15, 0.2) is 17.0 Å². The quantitative estimate of drug-likeness (QED) is 0.400. The number of carbonyl (C=O) groups excluding carboxylic acids is 3. The van der Waals surface area contributed by atoms with Crippen LogP contribution in [0.25, 0.3) is 6.08 Å². The molecule has 3 amide bonds. The van der Waals surface area contributed by atoms with Gasteiger partial charge >= 0.3 is 0 Å². The molecule has 1 aromatic carbocycles. The Kier molecular flexibility index (Phi) is 5.11. The standard InChI is InChI=1S/C17H15N3O8S/c21-15(18-1-3-26-4-2-18)8-19-16(22)14(29-17(19)23)6-10-5-12-13(28-9-27-12)7-11(10)20(24)25/h5-7H,1-4,8-9H2/b14-6-. The van der Waals surface area contributed by atoms with E-state index in [-0.39, 0.29) is 41.2 Å². The summed E-state index contributed by atoms with van der Waals surface area (Å²) in [5.74, 6) is -0.485. The van der Waals surface area contributed by atoms with E-state index in [2.05, 4.69) is 0 Å². The Balaban J connectivity index is 1.56. The van der Waals surface area contributed by atoms with Crippen LogP contribution in [0, 0.1) is 10.1 Å². The van der Waals surface area contributed by atoms with Crippen LogP contribution in [-0.2, 0) is 14.3 Å². The third-order valence-electron chi connectivity index (χ3n) is 4.54. The summed E-state index contributed by atoms with van der Waals surface area (Å²) in [7, 11) is 0. The molecule has 0 aromatic heterocycles. The number of carbonyl (C=O) groups is 3. The van der Waals surface area contributed by atoms with Gasteiger partial charge in [-0.2, -0.15) is 0 Å². The normalized spacial score (nSPS) is 19.9. The summed E-state index contributed by atoms with van der Waals surface area (Å²) < 4.78 is 15.5. The van der Waals surface area contributed by atoms with Gasteiger partial charge in [-0.3, -0.25) is 29.4 Å². The van der Waals surface area contributed by atoms with Crippen molar-refractivity contribution >= 4 is 40.6 Å². The van der Waals surface area contributed by atoms with Crippen LogP contribution in [0.4, 0.5) is 10.5 Å². The highest BCUT2D eigenvalue weighted by atomic mass is 32.2. The van der Waals surface area contributed by atoms with Gasteiger partial charge in [0.05, 0.1) is 34.7 Å². The van der Waals surface area contributed by atoms with E-state index in [1.165, 1.54) is 23.1 Å². The van der Waals surface area contributed by atoms with E-state index in [0.29, 0.717) is 43.8 Å². The summed E-state index contributed by atoms with van der Waals surface area (Å²) in [6.07, 6.45) is 1.25. The van der Waals surface area contributed by atoms with E-state index in [0.717, 1.165) is 4.90 Å². The number of thioether (sulfide) groups is 1. The minimum atomic E-state index is -0.673. The lowest BCUT2D eigenvalue weighted by Crippen LogP contribution is -2.46. The summed E-state index contributed by atoms with van der Waals surface area (Å²) >= 11 is 0.627. The van der Waals surface area contributed by atoms with Crippen molar-refractivity contribution in [3.63, 3.8) is 0 Å². The molecule has 11 nitrogen and oxygen atoms in total. The first kappa shape index (κ1) is 19.2. The number of fused-ring (bicyclic) bond motifs is 1. The van der Waals surface area contributed by atoms with Crippen LogP contribution in [0.5, 0.6) is 11.5 Å². The molecular weight excluding hydrogens is 406 g/mol. The molecule has 0 unspecified atom stereocenters. The molecule has 0 saturated carbocycles. The van der Waals surface area contributed by atoms with E-state index in [1.807, 2.05) is 0 Å². The fourth-order valence-corrected chi connectivity index (χ4v) is 3.88. The number of hydrogen-bond acceptors (Lipinski definition) is 9. The zero-order chi connectivity index (χ0) is 20.5. The van der Waals surface area contributed by atoms with Gasteiger partial charge < -0.3 is 19.1 Å². The Hall–Kier alpha value is -3.12. The predicted molar refractivity (Wildman–Crippen MR) is 99.3 cm³/mol. The smallest absolute Gasteiger partial charge is 0.294 e. The Morgan fingerprint density at radius 1 is 1.21 bits per heavy atom. The molecule has 0 spiro atoms. The number of morpholine rings is 1. The van der Waals surface area contributed by atoms with Gasteiger partial charge in [0.1, 0.15) is 6.54 Å². The van der Waals surface area contributed by atoms with Gasteiger partial charge in [-0.15, -0.1) is 0 Å². The topological polar surface area (TPSA) is 129 Å². The summed E-state index contributed by atoms with van der Waals surface area (Å²) in [6.45, 7) is 1.16. The second kappa shape index (κ2) is 7.72. The number of rotatable bonds is 4. The highest BCUT2D eigenvalue weighted by Gasteiger charge is 2.38. The summed E-state index contributed by atoms with van der Waals surface area (Å²) in [5.41, 5.74) is -0.185. The maximum absolute atomic E-state index is 12.6. The van der Waals surface area contributed by atoms with Crippen LogP contribution < -0.4 is 9.47 Å². The molecule has 12 heteroatoms. The van der Waals surface area contributed by atoms with E-state index in [1.54, 1.807) is 0 Å². The number of nitrogens with zero attached hydrogens (tertiary/aromatic N) is 3. The Morgan fingerprint density at radius 2 is 1.90 bits per heavy atom. The lowest BCUT2D eigenvalue weighted by atomic mass is 10.1. The zero-order valence-electron chi connectivity index (χ0n) is 15.0. The number of nitro groups is 1. The van der Waals surface area contributed by atoms with Gasteiger partial charge in [0.25, 0.3) is 16.8 Å². The van der Waals surface area contributed by atoms with Gasteiger partial charge in [0.15, 0.2) is 11.5 Å². The molecule has 0 N–H and O–H groups in total. The molecule has 0 aliphatic carbocycles. The third-order valence-corrected chi connectivity index (χ3v) is 5.44. The summed E-state index contributed by atoms with van der Waals surface area (Å²) in [4.78, 5) is 50.4. The highest BCUT2D eigenvalue weighted by molar-refractivity contribution is 8.18. The van der Waals surface area contributed by atoms with Crippen molar-refractivity contribution in [1.82, 2.24) is 9.80 Å². The van der Waals surface area contributed by atoms with Gasteiger partial charge in [-0.25, -0.2) is 0 Å². The average molecular weight is 421 g/mol. The maximum Gasteiger partial charge on any atom is 0.294 e. The molecule has 3 aliphatic heterocycles. The fourth-order valence-electron chi connectivity index (χ4n) is 3.05. The Morgan fingerprint density at radius 3 is 2.59 bits per heavy atom. The highest BCUT2D eigenvalue weighted by Crippen LogP contribution is 2.40. The average Bonchev–Trinajstić information content (AvgIpc) is 3.27. The largest absolute Gasteiger partial charge is 0.454 e. The maximum atomic E-state index is 12.6. The van der Waals surface area contributed by atoms with Gasteiger partial charge in [0.2, 0.25) is 12.7 Å². The molecule has 29 heavy (non-hydrogen) atoms. The van der Waals surface area contributed by atoms with E-state index in [9.17, 15) is 24.5 Å². The first-order valence-corrected chi connectivity index (χ1v) is 9.44. The number of benzene rings is 1. The monoisotopic (exact) mass is 421 g/mol. The molecule has 152 valence electrons. The van der Waals surface area contributed by atoms with Crippen LogP contribution in [-0.4, -0.2) is 71.4 Å². The van der Waals surface area contributed by atoms with Crippen LogP contribution in [0.2, 0.25) is 0 Å². The van der Waals surface area contributed by atoms with Gasteiger partial charge in [0, 0.05) is 13.1 Å². The lowest BCUT2D eigenvalue weighted by Gasteiger charge is -2.28. The zero-order valence-corrected chi connectivity index (χ0v) is 15.8. The molecule has 0 bridgehead atoms. The van der Waals surface area contributed by atoms with Gasteiger partial charge in [-0.05, 0) is 23.9 Å². The van der Waals surface area contributed by atoms with Crippen molar-refractivity contribution in [3.8, 4) is 11.5 Å². The number of ether oxygens (including phenoxy) is 3. The molecule has 1 aromatic rings. The molecule has 3 heterocycles. The van der Waals surface area contributed by atoms with Crippen molar-refractivity contribution in [3.05, 3.63) is 32.7 Å². The SMILES string of the molecule is O=C(CN1C(=O)S/C(=C\c2cc3c(cc2[N+](=O)[O-])OCO3)C1=O)N1CCOCC1. The summed E-state index contributed by atoms with van der Waals surface area (Å²) in [6, 6.07) is 2.59. The van der Waals surface area contributed by atoms with E-state index >= 15 is 0 Å². The van der Waals surface area contributed by atoms with Crippen LogP contribution in [0.3, 0.4) is 0 Å². The van der Waals surface area contributed by atoms with Crippen molar-refractivity contribution in [2.24, 2.45) is 0 Å². The fraction of sp³-hybridized carbons (Fsp3) is 0.353. The first-order valence-electron chi connectivity index (χ1n) is 8.63. The van der Waals surface area contributed by atoms with E-state index < -0.39 is 16.1 Å². The lowest BCUT2D eigenvalue weighted by molar-refractivity contribution is -0.385. The molecule has 3 aliphatic rings. The molecule has 2 fully saturated rings. The number of hydrogen-bond donors (Lipinski definition) is 0. The van der Waals surface area contributed by atoms with Crippen molar-refractivity contribution in [2.75, 3.05) is 39.6 Å². The summed E-state index contributed by atoms with van der Waals surface area (Å²) in [5, 5.41) is 10.8. The minimum absolute atomic E-state index is 0.00765. The number of amides is 3. The minimum Gasteiger partial charge on any atom is -0.454 e. The van der Waals surface area contributed by atoms with Crippen molar-refractivity contribution < 1.29 is 33.5 Å². The first-order chi connectivity index (χ1) is 13.9.